The first-order valence-corrected chi connectivity index (χ1v) is 5.23. The predicted molar refractivity (Wildman–Crippen MR) is 51.5 cm³/mol. The second-order valence-corrected chi connectivity index (χ2v) is 4.22. The van der Waals surface area contributed by atoms with Crippen LogP contribution >= 0.6 is 0 Å². The molecule has 0 aliphatic rings. The van der Waals surface area contributed by atoms with Gasteiger partial charge in [0, 0.05) is 0 Å². The van der Waals surface area contributed by atoms with Crippen molar-refractivity contribution < 1.29 is 39.9 Å². The Morgan fingerprint density at radius 1 is 0.750 bits per heavy atom. The van der Waals surface area contributed by atoms with Crippen molar-refractivity contribution in [1.82, 2.24) is 0 Å². The lowest BCUT2D eigenvalue weighted by molar-refractivity contribution is -0.207. The van der Waals surface area contributed by atoms with Gasteiger partial charge in [-0.1, -0.05) is 13.8 Å². The van der Waals surface area contributed by atoms with Gasteiger partial charge in [0.2, 0.25) is 29.1 Å². The SMILES string of the molecule is CC(C)C(Oc1c(F)c(F)c(F)c(F)c1F)C(F)(F)F. The predicted octanol–water partition coefficient (Wildman–Crippen LogP) is 4.35. The van der Waals surface area contributed by atoms with Crippen molar-refractivity contribution in [3.63, 3.8) is 0 Å². The Hall–Kier alpha value is -1.54. The number of benzene rings is 1. The standard InChI is InChI=1S/C11H8F8O/c1-3(2)10(11(17,18)19)20-9-7(15)5(13)4(12)6(14)8(9)16/h3,10H,1-2H3. The van der Waals surface area contributed by atoms with Crippen molar-refractivity contribution in [3.8, 4) is 5.75 Å². The number of hydrogen-bond donors (Lipinski definition) is 0. The van der Waals surface area contributed by atoms with E-state index in [-0.39, 0.29) is 0 Å². The molecule has 1 atom stereocenters. The van der Waals surface area contributed by atoms with Crippen LogP contribution in [0.5, 0.6) is 5.75 Å². The van der Waals surface area contributed by atoms with Crippen molar-refractivity contribution in [2.45, 2.75) is 26.1 Å². The van der Waals surface area contributed by atoms with Crippen LogP contribution in [0.15, 0.2) is 0 Å². The Kier molecular flexibility index (Phi) is 4.50. The maximum Gasteiger partial charge on any atom is 0.425 e. The summed E-state index contributed by atoms with van der Waals surface area (Å²) in [5.74, 6) is -15.4. The Balaban J connectivity index is 3.34. The summed E-state index contributed by atoms with van der Waals surface area (Å²) < 4.78 is 106. The highest BCUT2D eigenvalue weighted by Crippen LogP contribution is 2.35. The van der Waals surface area contributed by atoms with Crippen molar-refractivity contribution in [1.29, 1.82) is 0 Å². The molecule has 0 aliphatic heterocycles. The average Bonchev–Trinajstić information content (AvgIpc) is 2.32. The zero-order valence-corrected chi connectivity index (χ0v) is 10.1. The van der Waals surface area contributed by atoms with Crippen LogP contribution in [0.4, 0.5) is 35.1 Å². The molecule has 9 heteroatoms. The van der Waals surface area contributed by atoms with Crippen LogP contribution in [0.2, 0.25) is 0 Å². The monoisotopic (exact) mass is 308 g/mol. The highest BCUT2D eigenvalue weighted by atomic mass is 19.4. The topological polar surface area (TPSA) is 9.23 Å². The summed E-state index contributed by atoms with van der Waals surface area (Å²) in [6.07, 6.45) is -7.75. The normalized spacial score (nSPS) is 13.8. The second kappa shape index (κ2) is 5.45. The van der Waals surface area contributed by atoms with Crippen LogP contribution in [0.3, 0.4) is 0 Å². The first-order chi connectivity index (χ1) is 8.98. The van der Waals surface area contributed by atoms with E-state index in [1.807, 2.05) is 0 Å². The van der Waals surface area contributed by atoms with Gasteiger partial charge in [-0.15, -0.1) is 0 Å². The fourth-order valence-electron chi connectivity index (χ4n) is 1.40. The van der Waals surface area contributed by atoms with Gasteiger partial charge in [-0.3, -0.25) is 0 Å². The number of alkyl halides is 3. The smallest absolute Gasteiger partial charge is 0.425 e. The Labute approximate surface area is 108 Å². The van der Waals surface area contributed by atoms with Crippen LogP contribution < -0.4 is 4.74 Å². The van der Waals surface area contributed by atoms with E-state index in [1.165, 1.54) is 0 Å². The lowest BCUT2D eigenvalue weighted by Crippen LogP contribution is -2.39. The summed E-state index contributed by atoms with van der Waals surface area (Å²) in [6, 6.07) is 0. The molecular weight excluding hydrogens is 300 g/mol. The van der Waals surface area contributed by atoms with Crippen LogP contribution in [0.1, 0.15) is 13.8 Å². The molecule has 1 aromatic carbocycles. The highest BCUT2D eigenvalue weighted by Gasteiger charge is 2.45. The van der Waals surface area contributed by atoms with E-state index in [0.717, 1.165) is 13.8 Å². The number of halogens is 8. The molecule has 0 heterocycles. The molecule has 0 saturated carbocycles. The highest BCUT2D eigenvalue weighted by molar-refractivity contribution is 5.30. The lowest BCUT2D eigenvalue weighted by atomic mass is 10.1. The van der Waals surface area contributed by atoms with E-state index in [9.17, 15) is 35.1 Å². The summed E-state index contributed by atoms with van der Waals surface area (Å²) in [7, 11) is 0. The molecule has 1 unspecified atom stereocenters. The average molecular weight is 308 g/mol. The molecule has 0 spiro atoms. The fourth-order valence-corrected chi connectivity index (χ4v) is 1.40. The van der Waals surface area contributed by atoms with E-state index in [1.54, 1.807) is 0 Å². The molecule has 1 aromatic rings. The molecule has 0 saturated heterocycles. The van der Waals surface area contributed by atoms with Crippen LogP contribution in [-0.4, -0.2) is 12.3 Å². The largest absolute Gasteiger partial charge is 0.474 e. The minimum Gasteiger partial charge on any atom is -0.474 e. The van der Waals surface area contributed by atoms with Crippen LogP contribution in [0, 0.1) is 35.0 Å². The summed E-state index contributed by atoms with van der Waals surface area (Å²) in [5, 5.41) is 0. The first-order valence-electron chi connectivity index (χ1n) is 5.23. The Bertz CT molecular complexity index is 479. The van der Waals surface area contributed by atoms with Gasteiger partial charge in [-0.25, -0.2) is 13.2 Å². The van der Waals surface area contributed by atoms with E-state index in [2.05, 4.69) is 4.74 Å². The van der Waals surface area contributed by atoms with E-state index in [4.69, 9.17) is 0 Å². The van der Waals surface area contributed by atoms with Gasteiger partial charge in [-0.2, -0.15) is 22.0 Å². The van der Waals surface area contributed by atoms with Crippen molar-refractivity contribution in [2.24, 2.45) is 5.92 Å². The number of ether oxygens (including phenoxy) is 1. The molecule has 0 bridgehead atoms. The molecule has 1 rings (SSSR count). The number of hydrogen-bond acceptors (Lipinski definition) is 1. The zero-order chi connectivity index (χ0) is 15.8. The summed E-state index contributed by atoms with van der Waals surface area (Å²) in [6.45, 7) is 2.04. The summed E-state index contributed by atoms with van der Waals surface area (Å²) in [4.78, 5) is 0. The van der Waals surface area contributed by atoms with Crippen molar-refractivity contribution >= 4 is 0 Å². The van der Waals surface area contributed by atoms with Gasteiger partial charge < -0.3 is 4.74 Å². The summed E-state index contributed by atoms with van der Waals surface area (Å²) in [5.41, 5.74) is 0. The molecular formula is C11H8F8O. The third-order valence-electron chi connectivity index (χ3n) is 2.34. The van der Waals surface area contributed by atoms with E-state index < -0.39 is 53.0 Å². The van der Waals surface area contributed by atoms with E-state index in [0.29, 0.717) is 0 Å². The minimum atomic E-state index is -5.03. The molecule has 0 N–H and O–H groups in total. The van der Waals surface area contributed by atoms with Crippen LogP contribution in [0.25, 0.3) is 0 Å². The molecule has 0 aliphatic carbocycles. The van der Waals surface area contributed by atoms with Gasteiger partial charge in [0.25, 0.3) is 0 Å². The van der Waals surface area contributed by atoms with Gasteiger partial charge in [-0.05, 0) is 5.92 Å². The summed E-state index contributed by atoms with van der Waals surface area (Å²) >= 11 is 0. The first kappa shape index (κ1) is 16.5. The lowest BCUT2D eigenvalue weighted by Gasteiger charge is -2.25. The Morgan fingerprint density at radius 3 is 1.40 bits per heavy atom. The second-order valence-electron chi connectivity index (χ2n) is 4.22. The fraction of sp³-hybridized carbons (Fsp3) is 0.455. The van der Waals surface area contributed by atoms with Gasteiger partial charge >= 0.3 is 6.18 Å². The van der Waals surface area contributed by atoms with Crippen molar-refractivity contribution in [3.05, 3.63) is 29.1 Å². The maximum atomic E-state index is 13.2. The minimum absolute atomic E-state index is 1.02. The molecule has 0 radical (unpaired) electrons. The van der Waals surface area contributed by atoms with Gasteiger partial charge in [0.1, 0.15) is 0 Å². The zero-order valence-electron chi connectivity index (χ0n) is 10.1. The van der Waals surface area contributed by atoms with Gasteiger partial charge in [0.05, 0.1) is 0 Å². The molecule has 0 amide bonds. The quantitative estimate of drug-likeness (QED) is 0.458. The maximum absolute atomic E-state index is 13.2. The third-order valence-corrected chi connectivity index (χ3v) is 2.34. The molecule has 0 fully saturated rings. The third kappa shape index (κ3) is 2.96. The molecule has 20 heavy (non-hydrogen) atoms. The molecule has 114 valence electrons. The van der Waals surface area contributed by atoms with Gasteiger partial charge in [0.15, 0.2) is 11.9 Å². The van der Waals surface area contributed by atoms with E-state index >= 15 is 0 Å². The van der Waals surface area contributed by atoms with Crippen LogP contribution in [-0.2, 0) is 0 Å². The Morgan fingerprint density at radius 2 is 1.10 bits per heavy atom. The molecule has 0 aromatic heterocycles. The number of rotatable bonds is 3. The van der Waals surface area contributed by atoms with Crippen molar-refractivity contribution in [2.75, 3.05) is 0 Å². The molecule has 1 nitrogen and oxygen atoms in total.